The van der Waals surface area contributed by atoms with E-state index in [0.29, 0.717) is 12.6 Å². The molecule has 5 rings (SSSR count). The van der Waals surface area contributed by atoms with Crippen LogP contribution in [0.2, 0.25) is 0 Å². The molecule has 0 radical (unpaired) electrons. The van der Waals surface area contributed by atoms with Crippen LogP contribution < -0.4 is 4.90 Å². The molecule has 1 saturated heterocycles. The molecule has 2 fully saturated rings. The van der Waals surface area contributed by atoms with Gasteiger partial charge in [0.05, 0.1) is 25.0 Å². The van der Waals surface area contributed by atoms with Crippen molar-refractivity contribution in [1.82, 2.24) is 39.7 Å². The fourth-order valence-electron chi connectivity index (χ4n) is 3.81. The summed E-state index contributed by atoms with van der Waals surface area (Å²) in [4.78, 5) is 16.4. The Labute approximate surface area is 168 Å². The van der Waals surface area contributed by atoms with Crippen LogP contribution in [0.5, 0.6) is 0 Å². The molecule has 2 aliphatic rings. The molecule has 1 aliphatic carbocycles. The van der Waals surface area contributed by atoms with Gasteiger partial charge in [0.2, 0.25) is 0 Å². The largest absolute Gasteiger partial charge is 0.339 e. The van der Waals surface area contributed by atoms with E-state index in [-0.39, 0.29) is 11.5 Å². The lowest BCUT2D eigenvalue weighted by atomic mass is 9.95. The van der Waals surface area contributed by atoms with Crippen LogP contribution in [0, 0.1) is 11.3 Å². The predicted octanol–water partition coefficient (Wildman–Crippen LogP) is 1.99. The van der Waals surface area contributed by atoms with Crippen molar-refractivity contribution in [3.63, 3.8) is 0 Å². The average molecular weight is 392 g/mol. The van der Waals surface area contributed by atoms with Gasteiger partial charge in [-0.3, -0.25) is 0 Å². The molecular weight excluding hydrogens is 368 g/mol. The van der Waals surface area contributed by atoms with Gasteiger partial charge < -0.3 is 9.47 Å². The zero-order chi connectivity index (χ0) is 20.2. The van der Waals surface area contributed by atoms with Crippen LogP contribution in [-0.2, 0) is 12.0 Å². The maximum absolute atomic E-state index is 9.58. The first-order valence-electron chi connectivity index (χ1n) is 10.1. The topological polar surface area (TPSA) is 114 Å². The summed E-state index contributed by atoms with van der Waals surface area (Å²) in [5.41, 5.74) is 1.26. The normalized spacial score (nSPS) is 19.8. The second-order valence-corrected chi connectivity index (χ2v) is 8.92. The SMILES string of the molecule is CC(C)(C)c1nc(N2CCCC2C#N)c2ncn(Cc3nnnn3C3CC3)c2n1. The first-order valence-corrected chi connectivity index (χ1v) is 10.1. The number of aromatic nitrogens is 8. The van der Waals surface area contributed by atoms with Crippen molar-refractivity contribution >= 4 is 17.0 Å². The Morgan fingerprint density at radius 1 is 1.21 bits per heavy atom. The molecule has 3 aromatic rings. The zero-order valence-corrected chi connectivity index (χ0v) is 16.9. The summed E-state index contributed by atoms with van der Waals surface area (Å²) in [7, 11) is 0. The summed E-state index contributed by atoms with van der Waals surface area (Å²) in [6.07, 6.45) is 5.84. The molecule has 0 spiro atoms. The van der Waals surface area contributed by atoms with Crippen molar-refractivity contribution in [2.75, 3.05) is 11.4 Å². The molecule has 29 heavy (non-hydrogen) atoms. The van der Waals surface area contributed by atoms with Crippen LogP contribution in [0.25, 0.3) is 11.2 Å². The van der Waals surface area contributed by atoms with Gasteiger partial charge in [-0.2, -0.15) is 5.26 Å². The lowest BCUT2D eigenvalue weighted by molar-refractivity contribution is 0.544. The van der Waals surface area contributed by atoms with Crippen LogP contribution in [-0.4, -0.2) is 52.3 Å². The number of hydrogen-bond acceptors (Lipinski definition) is 8. The standard InChI is InChI=1S/C19H24N10/c1-19(2,3)18-22-16-15(17(23-18)28-8-4-5-13(28)9-20)21-11-27(16)10-14-24-25-26-29(14)12-6-7-12/h11-13H,4-8,10H2,1-3H3. The fourth-order valence-corrected chi connectivity index (χ4v) is 3.81. The predicted molar refractivity (Wildman–Crippen MR) is 105 cm³/mol. The molecule has 1 atom stereocenters. The second kappa shape index (κ2) is 6.47. The molecule has 3 aromatic heterocycles. The van der Waals surface area contributed by atoms with Gasteiger partial charge in [0.15, 0.2) is 22.8 Å². The monoisotopic (exact) mass is 392 g/mol. The van der Waals surface area contributed by atoms with Crippen molar-refractivity contribution in [2.45, 2.75) is 70.5 Å². The Hall–Kier alpha value is -3.09. The highest BCUT2D eigenvalue weighted by molar-refractivity contribution is 5.84. The third-order valence-corrected chi connectivity index (χ3v) is 5.56. The minimum absolute atomic E-state index is 0.173. The van der Waals surface area contributed by atoms with E-state index < -0.39 is 0 Å². The van der Waals surface area contributed by atoms with Gasteiger partial charge in [0.25, 0.3) is 0 Å². The molecule has 4 heterocycles. The molecule has 10 heteroatoms. The van der Waals surface area contributed by atoms with E-state index in [0.717, 1.165) is 60.9 Å². The van der Waals surface area contributed by atoms with Gasteiger partial charge in [-0.05, 0) is 36.1 Å². The quantitative estimate of drug-likeness (QED) is 0.662. The third kappa shape index (κ3) is 3.10. The molecule has 10 nitrogen and oxygen atoms in total. The highest BCUT2D eigenvalue weighted by Crippen LogP contribution is 2.35. The minimum Gasteiger partial charge on any atom is -0.339 e. The lowest BCUT2D eigenvalue weighted by Gasteiger charge is -2.24. The Bertz CT molecular complexity index is 1090. The first kappa shape index (κ1) is 18.0. The lowest BCUT2D eigenvalue weighted by Crippen LogP contribution is -2.30. The Balaban J connectivity index is 1.62. The van der Waals surface area contributed by atoms with Crippen molar-refractivity contribution in [1.29, 1.82) is 5.26 Å². The van der Waals surface area contributed by atoms with Gasteiger partial charge in [-0.25, -0.2) is 19.6 Å². The van der Waals surface area contributed by atoms with E-state index in [1.165, 1.54) is 0 Å². The molecule has 0 bridgehead atoms. The summed E-state index contributed by atoms with van der Waals surface area (Å²) >= 11 is 0. The Morgan fingerprint density at radius 2 is 2.03 bits per heavy atom. The Morgan fingerprint density at radius 3 is 2.76 bits per heavy atom. The summed E-state index contributed by atoms with van der Waals surface area (Å²) in [5, 5.41) is 21.8. The summed E-state index contributed by atoms with van der Waals surface area (Å²) < 4.78 is 3.89. The van der Waals surface area contributed by atoms with E-state index >= 15 is 0 Å². The van der Waals surface area contributed by atoms with Gasteiger partial charge in [0, 0.05) is 12.0 Å². The Kier molecular flexibility index (Phi) is 4.01. The van der Waals surface area contributed by atoms with Crippen LogP contribution >= 0.6 is 0 Å². The maximum Gasteiger partial charge on any atom is 0.171 e. The van der Waals surface area contributed by atoms with Gasteiger partial charge >= 0.3 is 0 Å². The molecule has 1 unspecified atom stereocenters. The van der Waals surface area contributed by atoms with Crippen LogP contribution in [0.3, 0.4) is 0 Å². The van der Waals surface area contributed by atoms with Crippen LogP contribution in [0.4, 0.5) is 5.82 Å². The van der Waals surface area contributed by atoms with Crippen LogP contribution in [0.1, 0.15) is 64.1 Å². The van der Waals surface area contributed by atoms with Gasteiger partial charge in [-0.15, -0.1) is 5.10 Å². The summed E-state index contributed by atoms with van der Waals surface area (Å²) in [5.74, 6) is 2.30. The number of tetrazole rings is 1. The van der Waals surface area contributed by atoms with Crippen molar-refractivity contribution in [3.8, 4) is 6.07 Å². The van der Waals surface area contributed by atoms with E-state index in [1.54, 1.807) is 6.33 Å². The molecule has 1 aliphatic heterocycles. The van der Waals surface area contributed by atoms with Crippen LogP contribution in [0.15, 0.2) is 6.33 Å². The molecular formula is C19H24N10. The van der Waals surface area contributed by atoms with E-state index in [9.17, 15) is 5.26 Å². The number of nitrogens with zero attached hydrogens (tertiary/aromatic N) is 10. The van der Waals surface area contributed by atoms with E-state index in [4.69, 9.17) is 9.97 Å². The van der Waals surface area contributed by atoms with Crippen molar-refractivity contribution in [3.05, 3.63) is 18.0 Å². The molecule has 0 aromatic carbocycles. The second-order valence-electron chi connectivity index (χ2n) is 8.92. The number of rotatable bonds is 4. The highest BCUT2D eigenvalue weighted by Gasteiger charge is 2.31. The van der Waals surface area contributed by atoms with Crippen molar-refractivity contribution < 1.29 is 0 Å². The van der Waals surface area contributed by atoms with E-state index in [2.05, 4.69) is 52.2 Å². The fraction of sp³-hybridized carbons (Fsp3) is 0.632. The molecule has 150 valence electrons. The van der Waals surface area contributed by atoms with Gasteiger partial charge in [-0.1, -0.05) is 20.8 Å². The minimum atomic E-state index is -0.227. The number of imidazole rings is 1. The average Bonchev–Trinajstić information content (AvgIpc) is 3.09. The number of nitriles is 1. The number of fused-ring (bicyclic) bond motifs is 1. The highest BCUT2D eigenvalue weighted by atomic mass is 15.6. The summed E-state index contributed by atoms with van der Waals surface area (Å²) in [6.45, 7) is 7.59. The molecule has 1 saturated carbocycles. The molecule has 0 amide bonds. The first-order chi connectivity index (χ1) is 14.0. The molecule has 0 N–H and O–H groups in total. The zero-order valence-electron chi connectivity index (χ0n) is 16.9. The number of hydrogen-bond donors (Lipinski definition) is 0. The number of anilines is 1. The maximum atomic E-state index is 9.58. The summed E-state index contributed by atoms with van der Waals surface area (Å²) in [6, 6.07) is 2.64. The van der Waals surface area contributed by atoms with Crippen molar-refractivity contribution in [2.24, 2.45) is 0 Å². The third-order valence-electron chi connectivity index (χ3n) is 5.56. The van der Waals surface area contributed by atoms with Gasteiger partial charge in [0.1, 0.15) is 11.9 Å². The van der Waals surface area contributed by atoms with E-state index in [1.807, 2.05) is 9.25 Å². The smallest absolute Gasteiger partial charge is 0.171 e.